The quantitative estimate of drug-likeness (QED) is 0.259. The zero-order chi connectivity index (χ0) is 20.5. The van der Waals surface area contributed by atoms with Crippen LogP contribution in [-0.4, -0.2) is 9.78 Å². The van der Waals surface area contributed by atoms with Crippen LogP contribution in [0.3, 0.4) is 0 Å². The van der Waals surface area contributed by atoms with Gasteiger partial charge in [0, 0.05) is 9.86 Å². The summed E-state index contributed by atoms with van der Waals surface area (Å²) < 4.78 is 8.86. The fraction of sp³-hybridized carbons (Fsp3) is 0.0417. The highest BCUT2D eigenvalue weighted by Gasteiger charge is 2.17. The Morgan fingerprint density at radius 1 is 0.900 bits per heavy atom. The number of nitrogens with zero attached hydrogens (tertiary/aromatic N) is 4. The second-order valence-electron chi connectivity index (χ2n) is 6.97. The second kappa shape index (κ2) is 7.72. The van der Waals surface area contributed by atoms with Crippen LogP contribution in [-0.2, 0) is 0 Å². The third kappa shape index (κ3) is 3.69. The topological polar surface area (TPSA) is 55.7 Å². The minimum atomic E-state index is 0.637. The molecule has 5 rings (SSSR count). The summed E-state index contributed by atoms with van der Waals surface area (Å²) in [6.45, 7) is 2.04. The SMILES string of the molecule is Cc1ccc(N=Nc2cn(-c3ccccc3)nc2-c2cc3cc(Br)ccc3o2)cc1. The molecule has 0 atom stereocenters. The summed E-state index contributed by atoms with van der Waals surface area (Å²) in [5.41, 5.74) is 4.98. The van der Waals surface area contributed by atoms with E-state index in [-0.39, 0.29) is 0 Å². The molecule has 0 spiro atoms. The fourth-order valence-electron chi connectivity index (χ4n) is 3.18. The molecular weight excluding hydrogens is 440 g/mol. The normalized spacial score (nSPS) is 11.5. The number of benzene rings is 3. The molecule has 0 saturated heterocycles. The Morgan fingerprint density at radius 3 is 2.50 bits per heavy atom. The van der Waals surface area contributed by atoms with Crippen molar-refractivity contribution in [3.8, 4) is 17.1 Å². The van der Waals surface area contributed by atoms with Crippen molar-refractivity contribution in [3.63, 3.8) is 0 Å². The summed E-state index contributed by atoms with van der Waals surface area (Å²) in [6, 6.07) is 25.7. The van der Waals surface area contributed by atoms with Gasteiger partial charge in [-0.05, 0) is 55.5 Å². The van der Waals surface area contributed by atoms with Gasteiger partial charge >= 0.3 is 0 Å². The third-order valence-corrected chi connectivity index (χ3v) is 5.23. The summed E-state index contributed by atoms with van der Waals surface area (Å²) in [5.74, 6) is 0.649. The Kier molecular flexibility index (Phi) is 4.77. The molecular formula is C24H17BrN4O. The van der Waals surface area contributed by atoms with E-state index in [0.29, 0.717) is 17.1 Å². The van der Waals surface area contributed by atoms with Crippen LogP contribution < -0.4 is 0 Å². The first kappa shape index (κ1) is 18.5. The summed E-state index contributed by atoms with van der Waals surface area (Å²) in [7, 11) is 0. The number of furan rings is 1. The Labute approximate surface area is 181 Å². The lowest BCUT2D eigenvalue weighted by Gasteiger charge is -1.98. The number of rotatable bonds is 4. The summed E-state index contributed by atoms with van der Waals surface area (Å²) in [5, 5.41) is 14.6. The van der Waals surface area contributed by atoms with Crippen molar-refractivity contribution < 1.29 is 4.42 Å². The van der Waals surface area contributed by atoms with Crippen LogP contribution in [0.1, 0.15) is 5.56 Å². The number of aromatic nitrogens is 2. The van der Waals surface area contributed by atoms with E-state index in [4.69, 9.17) is 9.52 Å². The van der Waals surface area contributed by atoms with Crippen LogP contribution in [0.15, 0.2) is 104 Å². The zero-order valence-corrected chi connectivity index (χ0v) is 17.7. The van der Waals surface area contributed by atoms with Crippen molar-refractivity contribution >= 4 is 38.3 Å². The first-order chi connectivity index (χ1) is 14.7. The highest BCUT2D eigenvalue weighted by atomic mass is 79.9. The van der Waals surface area contributed by atoms with Crippen LogP contribution in [0.2, 0.25) is 0 Å². The smallest absolute Gasteiger partial charge is 0.158 e. The van der Waals surface area contributed by atoms with E-state index in [2.05, 4.69) is 26.2 Å². The van der Waals surface area contributed by atoms with Crippen molar-refractivity contribution in [1.29, 1.82) is 0 Å². The van der Waals surface area contributed by atoms with Gasteiger partial charge in [-0.15, -0.1) is 5.11 Å². The van der Waals surface area contributed by atoms with Gasteiger partial charge in [0.15, 0.2) is 11.5 Å². The minimum absolute atomic E-state index is 0.637. The van der Waals surface area contributed by atoms with E-state index >= 15 is 0 Å². The molecule has 0 amide bonds. The maximum atomic E-state index is 6.07. The van der Waals surface area contributed by atoms with Crippen molar-refractivity contribution in [2.75, 3.05) is 0 Å². The van der Waals surface area contributed by atoms with Crippen molar-refractivity contribution in [3.05, 3.63) is 95.1 Å². The molecule has 3 aromatic carbocycles. The van der Waals surface area contributed by atoms with Gasteiger partial charge in [-0.25, -0.2) is 4.68 Å². The largest absolute Gasteiger partial charge is 0.454 e. The first-order valence-electron chi connectivity index (χ1n) is 9.49. The second-order valence-corrected chi connectivity index (χ2v) is 7.89. The van der Waals surface area contributed by atoms with Gasteiger partial charge in [-0.3, -0.25) is 0 Å². The number of hydrogen-bond donors (Lipinski definition) is 0. The summed E-state index contributed by atoms with van der Waals surface area (Å²) >= 11 is 3.51. The van der Waals surface area contributed by atoms with E-state index in [1.807, 2.05) is 92.0 Å². The predicted molar refractivity (Wildman–Crippen MR) is 122 cm³/mol. The minimum Gasteiger partial charge on any atom is -0.454 e. The van der Waals surface area contributed by atoms with Crippen LogP contribution in [0.4, 0.5) is 11.4 Å². The average Bonchev–Trinajstić information content (AvgIpc) is 3.37. The van der Waals surface area contributed by atoms with Crippen molar-refractivity contribution in [1.82, 2.24) is 9.78 Å². The molecule has 0 N–H and O–H groups in total. The zero-order valence-electron chi connectivity index (χ0n) is 16.2. The van der Waals surface area contributed by atoms with Crippen LogP contribution >= 0.6 is 15.9 Å². The maximum Gasteiger partial charge on any atom is 0.158 e. The Bertz CT molecular complexity index is 1350. The molecule has 5 nitrogen and oxygen atoms in total. The molecule has 0 aliphatic carbocycles. The van der Waals surface area contributed by atoms with Crippen LogP contribution in [0.25, 0.3) is 28.1 Å². The molecule has 6 heteroatoms. The summed E-state index contributed by atoms with van der Waals surface area (Å²) in [4.78, 5) is 0. The van der Waals surface area contributed by atoms with Crippen molar-refractivity contribution in [2.45, 2.75) is 6.92 Å². The van der Waals surface area contributed by atoms with E-state index < -0.39 is 0 Å². The number of para-hydroxylation sites is 1. The highest BCUT2D eigenvalue weighted by Crippen LogP contribution is 2.35. The molecule has 30 heavy (non-hydrogen) atoms. The number of hydrogen-bond acceptors (Lipinski definition) is 4. The number of aryl methyl sites for hydroxylation is 1. The third-order valence-electron chi connectivity index (χ3n) is 4.73. The number of fused-ring (bicyclic) bond motifs is 1. The number of azo groups is 1. The standard InChI is InChI=1S/C24H17BrN4O/c1-16-7-10-19(11-8-16)26-27-21-15-29(20-5-3-2-4-6-20)28-24(21)23-14-17-13-18(25)9-12-22(17)30-23/h2-15H,1H3. The van der Waals surface area contributed by atoms with Gasteiger partial charge in [0.1, 0.15) is 11.3 Å². The molecule has 5 aromatic rings. The van der Waals surface area contributed by atoms with Gasteiger partial charge in [-0.1, -0.05) is 51.8 Å². The highest BCUT2D eigenvalue weighted by molar-refractivity contribution is 9.10. The average molecular weight is 457 g/mol. The molecule has 0 unspecified atom stereocenters. The molecule has 0 radical (unpaired) electrons. The molecule has 0 bridgehead atoms. The van der Waals surface area contributed by atoms with Gasteiger partial charge in [-0.2, -0.15) is 10.2 Å². The van der Waals surface area contributed by atoms with E-state index in [1.165, 1.54) is 5.56 Å². The van der Waals surface area contributed by atoms with Gasteiger partial charge in [0.05, 0.1) is 17.6 Å². The Balaban J connectivity index is 1.61. The molecule has 0 aliphatic heterocycles. The van der Waals surface area contributed by atoms with Gasteiger partial charge in [0.2, 0.25) is 0 Å². The Morgan fingerprint density at radius 2 is 1.70 bits per heavy atom. The molecule has 2 aromatic heterocycles. The van der Waals surface area contributed by atoms with Crippen LogP contribution in [0, 0.1) is 6.92 Å². The molecule has 0 aliphatic rings. The molecule has 0 fully saturated rings. The lowest BCUT2D eigenvalue weighted by atomic mass is 10.2. The molecule has 2 heterocycles. The van der Waals surface area contributed by atoms with Gasteiger partial charge < -0.3 is 4.42 Å². The van der Waals surface area contributed by atoms with Crippen molar-refractivity contribution in [2.24, 2.45) is 10.2 Å². The molecule has 146 valence electrons. The van der Waals surface area contributed by atoms with E-state index in [0.717, 1.165) is 26.8 Å². The lowest BCUT2D eigenvalue weighted by Crippen LogP contribution is -1.93. The lowest BCUT2D eigenvalue weighted by molar-refractivity contribution is 0.627. The Hall–Kier alpha value is -3.51. The van der Waals surface area contributed by atoms with Gasteiger partial charge in [0.25, 0.3) is 0 Å². The van der Waals surface area contributed by atoms with Crippen LogP contribution in [0.5, 0.6) is 0 Å². The summed E-state index contributed by atoms with van der Waals surface area (Å²) in [6.07, 6.45) is 1.87. The first-order valence-corrected chi connectivity index (χ1v) is 10.3. The predicted octanol–water partition coefficient (Wildman–Crippen LogP) is 7.77. The van der Waals surface area contributed by atoms with E-state index in [9.17, 15) is 0 Å². The molecule has 0 saturated carbocycles. The van der Waals surface area contributed by atoms with E-state index in [1.54, 1.807) is 4.68 Å². The fourth-order valence-corrected chi connectivity index (χ4v) is 3.56. The maximum absolute atomic E-state index is 6.07. The number of halogens is 1. The monoisotopic (exact) mass is 456 g/mol.